The van der Waals surface area contributed by atoms with Gasteiger partial charge in [0.2, 0.25) is 0 Å². The molecule has 2 aromatic rings. The van der Waals surface area contributed by atoms with Gasteiger partial charge in [-0.05, 0) is 55.6 Å². The first-order chi connectivity index (χ1) is 13.7. The van der Waals surface area contributed by atoms with Gasteiger partial charge in [0.05, 0.1) is 7.11 Å². The second kappa shape index (κ2) is 10.1. The largest absolute Gasteiger partial charge is 0.493 e. The number of nitrogens with zero attached hydrogens (tertiary/aromatic N) is 1. The molecule has 1 saturated heterocycles. The van der Waals surface area contributed by atoms with Gasteiger partial charge in [0.15, 0.2) is 17.6 Å². The Hall–Kier alpha value is -2.53. The molecule has 1 N–H and O–H groups in total. The summed E-state index contributed by atoms with van der Waals surface area (Å²) in [6.45, 7) is 5.72. The molecule has 1 aliphatic heterocycles. The molecule has 5 heteroatoms. The molecule has 150 valence electrons. The summed E-state index contributed by atoms with van der Waals surface area (Å²) in [5.41, 5.74) is 2.44. The summed E-state index contributed by atoms with van der Waals surface area (Å²) >= 11 is 0. The summed E-state index contributed by atoms with van der Waals surface area (Å²) in [4.78, 5) is 15.2. The standard InChI is InChI=1S/C23H30N2O3/c1-3-20(28-22-13-7-6-12-21(22)27-2)23(26)24-16-18-10-4-5-11-19(18)17-25-14-8-9-15-25/h4-7,10-13,20H,3,8-9,14-17H2,1-2H3,(H,24,26)/t20-/m1/s1. The van der Waals surface area contributed by atoms with Gasteiger partial charge in [-0.1, -0.05) is 43.3 Å². The monoisotopic (exact) mass is 382 g/mol. The predicted octanol–water partition coefficient (Wildman–Crippen LogP) is 3.76. The number of amides is 1. The topological polar surface area (TPSA) is 50.8 Å². The van der Waals surface area contributed by atoms with E-state index in [1.165, 1.54) is 18.4 Å². The van der Waals surface area contributed by atoms with Crippen LogP contribution in [0.4, 0.5) is 0 Å². The summed E-state index contributed by atoms with van der Waals surface area (Å²) in [5.74, 6) is 1.11. The van der Waals surface area contributed by atoms with Gasteiger partial charge < -0.3 is 14.8 Å². The maximum atomic E-state index is 12.7. The fourth-order valence-electron chi connectivity index (χ4n) is 3.55. The molecule has 1 amide bonds. The van der Waals surface area contributed by atoms with Gasteiger partial charge >= 0.3 is 0 Å². The first-order valence-corrected chi connectivity index (χ1v) is 10.1. The molecule has 1 atom stereocenters. The average Bonchev–Trinajstić information content (AvgIpc) is 3.24. The number of rotatable bonds is 9. The third-order valence-corrected chi connectivity index (χ3v) is 5.17. The number of benzene rings is 2. The van der Waals surface area contributed by atoms with E-state index in [9.17, 15) is 4.79 Å². The first-order valence-electron chi connectivity index (χ1n) is 10.1. The Morgan fingerprint density at radius 1 is 1.04 bits per heavy atom. The van der Waals surface area contributed by atoms with E-state index in [-0.39, 0.29) is 5.91 Å². The van der Waals surface area contributed by atoms with Gasteiger partial charge in [0.25, 0.3) is 5.91 Å². The molecule has 0 radical (unpaired) electrons. The summed E-state index contributed by atoms with van der Waals surface area (Å²) in [6, 6.07) is 15.7. The second-order valence-electron chi connectivity index (χ2n) is 7.14. The first kappa shape index (κ1) is 20.2. The number of para-hydroxylation sites is 2. The van der Waals surface area contributed by atoms with Crippen molar-refractivity contribution in [2.75, 3.05) is 20.2 Å². The SMILES string of the molecule is CC[C@@H](Oc1ccccc1OC)C(=O)NCc1ccccc1CN1CCCC1. The maximum Gasteiger partial charge on any atom is 0.261 e. The van der Waals surface area contributed by atoms with Gasteiger partial charge in [0.1, 0.15) is 0 Å². The predicted molar refractivity (Wildman–Crippen MR) is 111 cm³/mol. The molecule has 5 nitrogen and oxygen atoms in total. The Labute approximate surface area is 167 Å². The minimum Gasteiger partial charge on any atom is -0.493 e. The lowest BCUT2D eigenvalue weighted by Gasteiger charge is -2.20. The molecule has 0 aliphatic carbocycles. The second-order valence-corrected chi connectivity index (χ2v) is 7.14. The summed E-state index contributed by atoms with van der Waals surface area (Å²) < 4.78 is 11.2. The number of hydrogen-bond acceptors (Lipinski definition) is 4. The van der Waals surface area contributed by atoms with E-state index in [2.05, 4.69) is 28.4 Å². The third-order valence-electron chi connectivity index (χ3n) is 5.17. The zero-order chi connectivity index (χ0) is 19.8. The highest BCUT2D eigenvalue weighted by Gasteiger charge is 2.20. The summed E-state index contributed by atoms with van der Waals surface area (Å²) in [6.07, 6.45) is 2.58. The molecule has 0 saturated carbocycles. The van der Waals surface area contributed by atoms with Crippen LogP contribution in [0.25, 0.3) is 0 Å². The van der Waals surface area contributed by atoms with E-state index < -0.39 is 6.10 Å². The highest BCUT2D eigenvalue weighted by Crippen LogP contribution is 2.27. The van der Waals surface area contributed by atoms with Crippen LogP contribution in [0.5, 0.6) is 11.5 Å². The van der Waals surface area contributed by atoms with Gasteiger partial charge in [-0.15, -0.1) is 0 Å². The quantitative estimate of drug-likeness (QED) is 0.717. The number of ether oxygens (including phenoxy) is 2. The molecule has 0 unspecified atom stereocenters. The van der Waals surface area contributed by atoms with Crippen LogP contribution in [0.1, 0.15) is 37.3 Å². The van der Waals surface area contributed by atoms with Gasteiger partial charge in [-0.3, -0.25) is 9.69 Å². The highest BCUT2D eigenvalue weighted by atomic mass is 16.5. The lowest BCUT2D eigenvalue weighted by Crippen LogP contribution is -2.38. The molecule has 0 aromatic heterocycles. The van der Waals surface area contributed by atoms with Crippen LogP contribution < -0.4 is 14.8 Å². The van der Waals surface area contributed by atoms with Crippen LogP contribution in [-0.4, -0.2) is 37.1 Å². The summed E-state index contributed by atoms with van der Waals surface area (Å²) in [7, 11) is 1.60. The number of methoxy groups -OCH3 is 1. The van der Waals surface area contributed by atoms with E-state index in [0.29, 0.717) is 24.5 Å². The average molecular weight is 383 g/mol. The van der Waals surface area contributed by atoms with Crippen molar-refractivity contribution in [2.24, 2.45) is 0 Å². The van der Waals surface area contributed by atoms with Crippen LogP contribution in [-0.2, 0) is 17.9 Å². The Kier molecular flexibility index (Phi) is 7.31. The molecule has 1 heterocycles. The molecule has 2 aromatic carbocycles. The van der Waals surface area contributed by atoms with Crippen molar-refractivity contribution in [2.45, 2.75) is 45.4 Å². The molecular weight excluding hydrogens is 352 g/mol. The van der Waals surface area contributed by atoms with Gasteiger partial charge in [-0.2, -0.15) is 0 Å². The number of nitrogens with one attached hydrogen (secondary N) is 1. The van der Waals surface area contributed by atoms with Crippen molar-refractivity contribution in [3.05, 3.63) is 59.7 Å². The van der Waals surface area contributed by atoms with Crippen molar-refractivity contribution in [1.82, 2.24) is 10.2 Å². The van der Waals surface area contributed by atoms with Crippen molar-refractivity contribution in [1.29, 1.82) is 0 Å². The van der Waals surface area contributed by atoms with E-state index >= 15 is 0 Å². The van der Waals surface area contributed by atoms with E-state index in [1.54, 1.807) is 7.11 Å². The van der Waals surface area contributed by atoms with E-state index in [1.807, 2.05) is 37.3 Å². The van der Waals surface area contributed by atoms with E-state index in [0.717, 1.165) is 25.2 Å². The lowest BCUT2D eigenvalue weighted by atomic mass is 10.1. The fourth-order valence-corrected chi connectivity index (χ4v) is 3.55. The Morgan fingerprint density at radius 3 is 2.36 bits per heavy atom. The molecule has 3 rings (SSSR count). The molecule has 1 aliphatic rings. The highest BCUT2D eigenvalue weighted by molar-refractivity contribution is 5.81. The number of carbonyl (C=O) groups excluding carboxylic acids is 1. The zero-order valence-electron chi connectivity index (χ0n) is 16.8. The zero-order valence-corrected chi connectivity index (χ0v) is 16.8. The molecular formula is C23H30N2O3. The van der Waals surface area contributed by atoms with Crippen molar-refractivity contribution < 1.29 is 14.3 Å². The Morgan fingerprint density at radius 2 is 1.68 bits per heavy atom. The lowest BCUT2D eigenvalue weighted by molar-refractivity contribution is -0.128. The molecule has 0 bridgehead atoms. The normalized spacial score (nSPS) is 15.2. The third kappa shape index (κ3) is 5.26. The number of likely N-dealkylation sites (tertiary alicyclic amines) is 1. The molecule has 0 spiro atoms. The van der Waals surface area contributed by atoms with Crippen molar-refractivity contribution >= 4 is 5.91 Å². The van der Waals surface area contributed by atoms with Gasteiger partial charge in [0, 0.05) is 13.1 Å². The Balaban J connectivity index is 1.61. The van der Waals surface area contributed by atoms with Crippen LogP contribution >= 0.6 is 0 Å². The van der Waals surface area contributed by atoms with Crippen molar-refractivity contribution in [3.63, 3.8) is 0 Å². The van der Waals surface area contributed by atoms with Gasteiger partial charge in [-0.25, -0.2) is 0 Å². The van der Waals surface area contributed by atoms with Crippen LogP contribution in [0.2, 0.25) is 0 Å². The smallest absolute Gasteiger partial charge is 0.261 e. The molecule has 28 heavy (non-hydrogen) atoms. The summed E-state index contributed by atoms with van der Waals surface area (Å²) in [5, 5.41) is 3.05. The Bertz CT molecular complexity index is 772. The maximum absolute atomic E-state index is 12.7. The number of hydrogen-bond donors (Lipinski definition) is 1. The van der Waals surface area contributed by atoms with Crippen LogP contribution in [0, 0.1) is 0 Å². The van der Waals surface area contributed by atoms with Crippen LogP contribution in [0.15, 0.2) is 48.5 Å². The van der Waals surface area contributed by atoms with Crippen LogP contribution in [0.3, 0.4) is 0 Å². The number of carbonyl (C=O) groups is 1. The molecule has 1 fully saturated rings. The minimum atomic E-state index is -0.554. The fraction of sp³-hybridized carbons (Fsp3) is 0.435. The van der Waals surface area contributed by atoms with E-state index in [4.69, 9.17) is 9.47 Å². The van der Waals surface area contributed by atoms with Crippen molar-refractivity contribution in [3.8, 4) is 11.5 Å². The minimum absolute atomic E-state index is 0.107.